The Labute approximate surface area is 108 Å². The summed E-state index contributed by atoms with van der Waals surface area (Å²) in [4.78, 5) is 33.4. The van der Waals surface area contributed by atoms with Crippen molar-refractivity contribution < 1.29 is 37.0 Å². The number of ketones is 1. The second-order valence-corrected chi connectivity index (χ2v) is 3.51. The molecule has 0 aromatic carbocycles. The molecule has 19 heavy (non-hydrogen) atoms. The molecule has 0 aromatic heterocycles. The molecule has 110 valence electrons. The molecule has 1 atom stereocenters. The molecule has 0 spiro atoms. The summed E-state index contributed by atoms with van der Waals surface area (Å²) in [6.07, 6.45) is -6.19. The number of esters is 2. The van der Waals surface area contributed by atoms with Gasteiger partial charge in [0.15, 0.2) is 0 Å². The fourth-order valence-corrected chi connectivity index (χ4v) is 1.29. The van der Waals surface area contributed by atoms with Crippen LogP contribution in [0.5, 0.6) is 0 Å². The molecule has 0 aliphatic rings. The van der Waals surface area contributed by atoms with Crippen LogP contribution in [0.1, 0.15) is 26.7 Å². The standard InChI is InChI=1S/C11H15F3O5/c1-3-18-8(15)6-5-7(10(17)19-4-2)9(16)11(12,13)14/h7H,3-6H2,1-2H3. The molecule has 0 heterocycles. The van der Waals surface area contributed by atoms with E-state index in [1.165, 1.54) is 13.8 Å². The summed E-state index contributed by atoms with van der Waals surface area (Å²) in [5.74, 6) is -6.29. The van der Waals surface area contributed by atoms with E-state index in [0.717, 1.165) is 0 Å². The highest BCUT2D eigenvalue weighted by molar-refractivity contribution is 6.02. The summed E-state index contributed by atoms with van der Waals surface area (Å²) in [5.41, 5.74) is 0. The first-order chi connectivity index (χ1) is 8.73. The third-order valence-corrected chi connectivity index (χ3v) is 2.11. The number of carbonyl (C=O) groups is 3. The third-order valence-electron chi connectivity index (χ3n) is 2.11. The van der Waals surface area contributed by atoms with E-state index in [4.69, 9.17) is 0 Å². The van der Waals surface area contributed by atoms with E-state index in [1.807, 2.05) is 0 Å². The zero-order valence-electron chi connectivity index (χ0n) is 10.6. The highest BCUT2D eigenvalue weighted by atomic mass is 19.4. The van der Waals surface area contributed by atoms with Gasteiger partial charge >= 0.3 is 18.1 Å². The molecule has 0 N–H and O–H groups in total. The van der Waals surface area contributed by atoms with Crippen LogP contribution in [-0.4, -0.2) is 37.1 Å². The fourth-order valence-electron chi connectivity index (χ4n) is 1.29. The second-order valence-electron chi connectivity index (χ2n) is 3.51. The Balaban J connectivity index is 4.74. The normalized spacial score (nSPS) is 12.7. The van der Waals surface area contributed by atoms with Crippen LogP contribution in [-0.2, 0) is 23.9 Å². The van der Waals surface area contributed by atoms with Gasteiger partial charge in [0.25, 0.3) is 0 Å². The number of carbonyl (C=O) groups excluding carboxylic acids is 3. The van der Waals surface area contributed by atoms with Gasteiger partial charge in [0.1, 0.15) is 5.92 Å². The van der Waals surface area contributed by atoms with Crippen molar-refractivity contribution in [1.29, 1.82) is 0 Å². The summed E-state index contributed by atoms with van der Waals surface area (Å²) < 4.78 is 45.8. The average molecular weight is 284 g/mol. The lowest BCUT2D eigenvalue weighted by atomic mass is 9.98. The summed E-state index contributed by atoms with van der Waals surface area (Å²) in [6, 6.07) is 0. The number of halogens is 3. The zero-order chi connectivity index (χ0) is 15.1. The van der Waals surface area contributed by atoms with E-state index in [0.29, 0.717) is 0 Å². The van der Waals surface area contributed by atoms with Crippen molar-refractivity contribution in [3.63, 3.8) is 0 Å². The SMILES string of the molecule is CCOC(=O)CCC(C(=O)OCC)C(=O)C(F)(F)F. The number of rotatable bonds is 7. The van der Waals surface area contributed by atoms with Gasteiger partial charge in [0.05, 0.1) is 13.2 Å². The Hall–Kier alpha value is -1.60. The molecular formula is C11H15F3O5. The van der Waals surface area contributed by atoms with Crippen LogP contribution < -0.4 is 0 Å². The van der Waals surface area contributed by atoms with Crippen LogP contribution in [0.2, 0.25) is 0 Å². The van der Waals surface area contributed by atoms with Gasteiger partial charge in [-0.2, -0.15) is 13.2 Å². The monoisotopic (exact) mass is 284 g/mol. The van der Waals surface area contributed by atoms with E-state index < -0.39 is 42.7 Å². The van der Waals surface area contributed by atoms with Crippen LogP contribution in [0, 0.1) is 5.92 Å². The lowest BCUT2D eigenvalue weighted by Crippen LogP contribution is -2.36. The summed E-state index contributed by atoms with van der Waals surface area (Å²) >= 11 is 0. The van der Waals surface area contributed by atoms with Crippen LogP contribution in [0.15, 0.2) is 0 Å². The smallest absolute Gasteiger partial charge is 0.450 e. The van der Waals surface area contributed by atoms with Crippen molar-refractivity contribution in [2.24, 2.45) is 5.92 Å². The quantitative estimate of drug-likeness (QED) is 0.525. The molecule has 0 amide bonds. The first-order valence-electron chi connectivity index (χ1n) is 5.67. The maximum absolute atomic E-state index is 12.3. The minimum absolute atomic E-state index is 0.0656. The van der Waals surface area contributed by atoms with E-state index >= 15 is 0 Å². The number of hydrogen-bond acceptors (Lipinski definition) is 5. The van der Waals surface area contributed by atoms with Crippen molar-refractivity contribution in [3.05, 3.63) is 0 Å². The van der Waals surface area contributed by atoms with Gasteiger partial charge in [-0.1, -0.05) is 0 Å². The zero-order valence-corrected chi connectivity index (χ0v) is 10.6. The Morgan fingerprint density at radius 1 is 1.05 bits per heavy atom. The number of Topliss-reactive ketones (excluding diaryl/α,β-unsaturated/α-hetero) is 1. The summed E-state index contributed by atoms with van der Waals surface area (Å²) in [7, 11) is 0. The van der Waals surface area contributed by atoms with Gasteiger partial charge in [0.2, 0.25) is 5.78 Å². The van der Waals surface area contributed by atoms with E-state index in [2.05, 4.69) is 9.47 Å². The molecule has 0 aliphatic carbocycles. The first kappa shape index (κ1) is 17.4. The van der Waals surface area contributed by atoms with Crippen molar-refractivity contribution >= 4 is 17.7 Å². The van der Waals surface area contributed by atoms with Crippen LogP contribution >= 0.6 is 0 Å². The topological polar surface area (TPSA) is 69.7 Å². The maximum Gasteiger partial charge on any atom is 0.450 e. The first-order valence-corrected chi connectivity index (χ1v) is 5.67. The van der Waals surface area contributed by atoms with E-state index in [9.17, 15) is 27.6 Å². The highest BCUT2D eigenvalue weighted by Crippen LogP contribution is 2.24. The molecule has 0 rings (SSSR count). The molecule has 0 aliphatic heterocycles. The summed E-state index contributed by atoms with van der Waals surface area (Å²) in [6.45, 7) is 2.84. The molecular weight excluding hydrogens is 269 g/mol. The molecule has 5 nitrogen and oxygen atoms in total. The lowest BCUT2D eigenvalue weighted by molar-refractivity contribution is -0.181. The predicted octanol–water partition coefficient (Wildman–Crippen LogP) is 1.64. The molecule has 0 fully saturated rings. The van der Waals surface area contributed by atoms with Crippen LogP contribution in [0.25, 0.3) is 0 Å². The molecule has 0 bridgehead atoms. The molecule has 0 aromatic rings. The minimum atomic E-state index is -5.15. The Bertz CT molecular complexity index is 338. The van der Waals surface area contributed by atoms with Gasteiger partial charge < -0.3 is 9.47 Å². The highest BCUT2D eigenvalue weighted by Gasteiger charge is 2.46. The van der Waals surface area contributed by atoms with E-state index in [-0.39, 0.29) is 13.2 Å². The van der Waals surface area contributed by atoms with Crippen LogP contribution in [0.4, 0.5) is 13.2 Å². The average Bonchev–Trinajstić information content (AvgIpc) is 2.28. The van der Waals surface area contributed by atoms with E-state index in [1.54, 1.807) is 0 Å². The number of alkyl halides is 3. The number of ether oxygens (including phenoxy) is 2. The van der Waals surface area contributed by atoms with Gasteiger partial charge in [-0.15, -0.1) is 0 Å². The lowest BCUT2D eigenvalue weighted by Gasteiger charge is -2.15. The number of hydrogen-bond donors (Lipinski definition) is 0. The Morgan fingerprint density at radius 3 is 2.00 bits per heavy atom. The predicted molar refractivity (Wildman–Crippen MR) is 57.1 cm³/mol. The third kappa shape index (κ3) is 6.21. The second kappa shape index (κ2) is 7.75. The summed E-state index contributed by atoms with van der Waals surface area (Å²) in [5, 5.41) is 0. The fraction of sp³-hybridized carbons (Fsp3) is 0.727. The molecule has 0 saturated heterocycles. The molecule has 1 unspecified atom stereocenters. The molecule has 0 radical (unpaired) electrons. The largest absolute Gasteiger partial charge is 0.466 e. The molecule has 8 heteroatoms. The van der Waals surface area contributed by atoms with Gasteiger partial charge in [-0.25, -0.2) is 0 Å². The van der Waals surface area contributed by atoms with Crippen molar-refractivity contribution in [1.82, 2.24) is 0 Å². The van der Waals surface area contributed by atoms with Crippen molar-refractivity contribution in [2.75, 3.05) is 13.2 Å². The van der Waals surface area contributed by atoms with Crippen molar-refractivity contribution in [2.45, 2.75) is 32.9 Å². The van der Waals surface area contributed by atoms with Gasteiger partial charge in [-0.3, -0.25) is 14.4 Å². The Kier molecular flexibility index (Phi) is 7.10. The van der Waals surface area contributed by atoms with Gasteiger partial charge in [0, 0.05) is 6.42 Å². The Morgan fingerprint density at radius 2 is 1.58 bits per heavy atom. The maximum atomic E-state index is 12.3. The molecule has 0 saturated carbocycles. The minimum Gasteiger partial charge on any atom is -0.466 e. The van der Waals surface area contributed by atoms with Crippen molar-refractivity contribution in [3.8, 4) is 0 Å². The van der Waals surface area contributed by atoms with Gasteiger partial charge in [-0.05, 0) is 20.3 Å². The van der Waals surface area contributed by atoms with Crippen LogP contribution in [0.3, 0.4) is 0 Å².